The molecule has 1 fully saturated rings. The summed E-state index contributed by atoms with van der Waals surface area (Å²) in [4.78, 5) is 2.60. The van der Waals surface area contributed by atoms with E-state index in [2.05, 4.69) is 72.8 Å². The van der Waals surface area contributed by atoms with E-state index in [1.807, 2.05) is 12.1 Å². The first-order chi connectivity index (χ1) is 13.9. The topological polar surface area (TPSA) is 8.17 Å². The van der Waals surface area contributed by atoms with Crippen LogP contribution in [0.25, 0.3) is 0 Å². The molecular weight excluding hydrogens is 359 g/mol. The van der Waals surface area contributed by atoms with E-state index >= 15 is 0 Å². The van der Waals surface area contributed by atoms with Crippen molar-refractivity contribution in [3.05, 3.63) is 95.1 Å². The lowest BCUT2D eigenvalue weighted by atomic mass is 9.87. The van der Waals surface area contributed by atoms with Crippen molar-refractivity contribution in [1.82, 2.24) is 9.47 Å². The van der Waals surface area contributed by atoms with Gasteiger partial charge in [-0.05, 0) is 59.2 Å². The summed E-state index contributed by atoms with van der Waals surface area (Å²) in [5.74, 6) is -0.182. The minimum atomic E-state index is -0.182. The summed E-state index contributed by atoms with van der Waals surface area (Å²) in [6.45, 7) is 9.48. The SMILES string of the molecule is CC(C)(C)c1ccc(CN(Cc2cccn2Cc2ccc(F)cc2)C2CC2)cc1. The van der Waals surface area contributed by atoms with Gasteiger partial charge in [-0.2, -0.15) is 0 Å². The minimum Gasteiger partial charge on any atom is -0.346 e. The van der Waals surface area contributed by atoms with Gasteiger partial charge in [0, 0.05) is 37.6 Å². The van der Waals surface area contributed by atoms with Crippen LogP contribution >= 0.6 is 0 Å². The van der Waals surface area contributed by atoms with Crippen LogP contribution in [0.3, 0.4) is 0 Å². The van der Waals surface area contributed by atoms with Gasteiger partial charge in [0.2, 0.25) is 0 Å². The van der Waals surface area contributed by atoms with Crippen LogP contribution in [0.1, 0.15) is 56.0 Å². The molecule has 0 N–H and O–H groups in total. The van der Waals surface area contributed by atoms with Crippen molar-refractivity contribution in [2.24, 2.45) is 0 Å². The highest BCUT2D eigenvalue weighted by Crippen LogP contribution is 2.30. The number of hydrogen-bond donors (Lipinski definition) is 0. The average Bonchev–Trinajstić information content (AvgIpc) is 3.45. The van der Waals surface area contributed by atoms with E-state index in [9.17, 15) is 4.39 Å². The number of rotatable bonds is 7. The van der Waals surface area contributed by atoms with E-state index in [0.717, 1.165) is 25.2 Å². The Morgan fingerprint density at radius 2 is 1.55 bits per heavy atom. The zero-order chi connectivity index (χ0) is 20.4. The Hall–Kier alpha value is -2.39. The molecule has 0 bridgehead atoms. The summed E-state index contributed by atoms with van der Waals surface area (Å²) in [6, 6.07) is 20.9. The molecule has 1 saturated carbocycles. The molecule has 1 heterocycles. The van der Waals surface area contributed by atoms with E-state index in [0.29, 0.717) is 6.04 Å². The first kappa shape index (κ1) is 19.9. The van der Waals surface area contributed by atoms with Crippen molar-refractivity contribution >= 4 is 0 Å². The second-order valence-electron chi connectivity index (χ2n) is 9.34. The third kappa shape index (κ3) is 5.16. The molecule has 1 aliphatic carbocycles. The average molecular weight is 391 g/mol. The van der Waals surface area contributed by atoms with E-state index in [1.54, 1.807) is 0 Å². The van der Waals surface area contributed by atoms with Crippen LogP contribution in [-0.4, -0.2) is 15.5 Å². The van der Waals surface area contributed by atoms with Crippen LogP contribution in [0.5, 0.6) is 0 Å². The summed E-state index contributed by atoms with van der Waals surface area (Å²) in [6.07, 6.45) is 4.71. The third-order valence-corrected chi connectivity index (χ3v) is 5.82. The second-order valence-corrected chi connectivity index (χ2v) is 9.34. The summed E-state index contributed by atoms with van der Waals surface area (Å²) >= 11 is 0. The van der Waals surface area contributed by atoms with Crippen LogP contribution in [0.2, 0.25) is 0 Å². The van der Waals surface area contributed by atoms with Crippen LogP contribution in [-0.2, 0) is 25.0 Å². The molecule has 152 valence electrons. The Bertz CT molecular complexity index is 928. The van der Waals surface area contributed by atoms with E-state index in [-0.39, 0.29) is 11.2 Å². The molecule has 2 aromatic carbocycles. The van der Waals surface area contributed by atoms with Gasteiger partial charge in [-0.15, -0.1) is 0 Å². The predicted molar refractivity (Wildman–Crippen MR) is 117 cm³/mol. The van der Waals surface area contributed by atoms with Gasteiger partial charge in [0.1, 0.15) is 5.82 Å². The fraction of sp³-hybridized carbons (Fsp3) is 0.385. The largest absolute Gasteiger partial charge is 0.346 e. The molecule has 0 spiro atoms. The van der Waals surface area contributed by atoms with Gasteiger partial charge in [0.05, 0.1) is 0 Å². The van der Waals surface area contributed by atoms with E-state index in [1.165, 1.54) is 41.8 Å². The lowest BCUT2D eigenvalue weighted by Crippen LogP contribution is -2.26. The third-order valence-electron chi connectivity index (χ3n) is 5.82. The smallest absolute Gasteiger partial charge is 0.123 e. The molecular formula is C26H31FN2. The van der Waals surface area contributed by atoms with Gasteiger partial charge in [-0.25, -0.2) is 4.39 Å². The maximum atomic E-state index is 13.2. The Balaban J connectivity index is 1.46. The van der Waals surface area contributed by atoms with Gasteiger partial charge in [0.15, 0.2) is 0 Å². The van der Waals surface area contributed by atoms with Gasteiger partial charge in [-0.3, -0.25) is 4.90 Å². The molecule has 0 amide bonds. The molecule has 3 heteroatoms. The zero-order valence-electron chi connectivity index (χ0n) is 17.7. The molecule has 2 nitrogen and oxygen atoms in total. The number of halogens is 1. The standard InChI is InChI=1S/C26H31FN2/c1-26(2,3)22-10-6-20(7-11-22)18-29(24-14-15-24)19-25-5-4-16-28(25)17-21-8-12-23(27)13-9-21/h4-13,16,24H,14-15,17-19H2,1-3H3. The molecule has 0 saturated heterocycles. The molecule has 1 aromatic heterocycles. The van der Waals surface area contributed by atoms with Gasteiger partial charge < -0.3 is 4.57 Å². The van der Waals surface area contributed by atoms with E-state index in [4.69, 9.17) is 0 Å². The van der Waals surface area contributed by atoms with Crippen molar-refractivity contribution in [3.8, 4) is 0 Å². The summed E-state index contributed by atoms with van der Waals surface area (Å²) in [5.41, 5.74) is 5.39. The molecule has 1 aliphatic rings. The van der Waals surface area contributed by atoms with Gasteiger partial charge in [0.25, 0.3) is 0 Å². The second kappa shape index (κ2) is 8.16. The van der Waals surface area contributed by atoms with Crippen molar-refractivity contribution in [2.75, 3.05) is 0 Å². The Morgan fingerprint density at radius 1 is 0.897 bits per heavy atom. The fourth-order valence-corrected chi connectivity index (χ4v) is 3.84. The van der Waals surface area contributed by atoms with E-state index < -0.39 is 0 Å². The monoisotopic (exact) mass is 390 g/mol. The highest BCUT2D eigenvalue weighted by Gasteiger charge is 2.29. The first-order valence-electron chi connectivity index (χ1n) is 10.6. The highest BCUT2D eigenvalue weighted by molar-refractivity contribution is 5.28. The molecule has 4 rings (SSSR count). The summed E-state index contributed by atoms with van der Waals surface area (Å²) in [7, 11) is 0. The van der Waals surface area contributed by atoms with Crippen molar-refractivity contribution in [2.45, 2.75) is 64.7 Å². The van der Waals surface area contributed by atoms with Gasteiger partial charge >= 0.3 is 0 Å². The lowest BCUT2D eigenvalue weighted by Gasteiger charge is -2.24. The zero-order valence-corrected chi connectivity index (χ0v) is 17.7. The lowest BCUT2D eigenvalue weighted by molar-refractivity contribution is 0.239. The van der Waals surface area contributed by atoms with Crippen LogP contribution < -0.4 is 0 Å². The Kier molecular flexibility index (Phi) is 5.60. The molecule has 0 aliphatic heterocycles. The summed E-state index contributed by atoms with van der Waals surface area (Å²) in [5, 5.41) is 0. The van der Waals surface area contributed by atoms with Gasteiger partial charge in [-0.1, -0.05) is 57.2 Å². The normalized spacial score (nSPS) is 14.5. The van der Waals surface area contributed by atoms with Crippen LogP contribution in [0.4, 0.5) is 4.39 Å². The van der Waals surface area contributed by atoms with Crippen molar-refractivity contribution in [3.63, 3.8) is 0 Å². The highest BCUT2D eigenvalue weighted by atomic mass is 19.1. The maximum absolute atomic E-state index is 13.2. The maximum Gasteiger partial charge on any atom is 0.123 e. The number of benzene rings is 2. The molecule has 3 aromatic rings. The van der Waals surface area contributed by atoms with Crippen LogP contribution in [0, 0.1) is 5.82 Å². The minimum absolute atomic E-state index is 0.182. The fourth-order valence-electron chi connectivity index (χ4n) is 3.84. The summed E-state index contributed by atoms with van der Waals surface area (Å²) < 4.78 is 15.5. The quantitative estimate of drug-likeness (QED) is 0.470. The van der Waals surface area contributed by atoms with Crippen molar-refractivity contribution in [1.29, 1.82) is 0 Å². The molecule has 0 unspecified atom stereocenters. The number of hydrogen-bond acceptors (Lipinski definition) is 1. The van der Waals surface area contributed by atoms with Crippen LogP contribution in [0.15, 0.2) is 66.9 Å². The molecule has 0 radical (unpaired) electrons. The number of aromatic nitrogens is 1. The molecule has 0 atom stereocenters. The predicted octanol–water partition coefficient (Wildman–Crippen LogP) is 6.14. The van der Waals surface area contributed by atoms with Crippen molar-refractivity contribution < 1.29 is 4.39 Å². The molecule has 29 heavy (non-hydrogen) atoms. The Morgan fingerprint density at radius 3 is 2.17 bits per heavy atom. The Labute approximate surface area is 174 Å². The first-order valence-corrected chi connectivity index (χ1v) is 10.6. The number of nitrogens with zero attached hydrogens (tertiary/aromatic N) is 2.